The van der Waals surface area contributed by atoms with Crippen LogP contribution in [0.2, 0.25) is 0 Å². The first kappa shape index (κ1) is 12.9. The average molecular weight is 220 g/mol. The molecule has 78 valence electrons. The number of benzene rings is 1. The predicted octanol–water partition coefficient (Wildman–Crippen LogP) is 1.37. The molecule has 1 atom stereocenters. The molecule has 0 radical (unpaired) electrons. The highest BCUT2D eigenvalue weighted by Gasteiger charge is 2.17. The maximum absolute atomic E-state index is 12.5. The maximum atomic E-state index is 12.5. The first-order valence-electron chi connectivity index (χ1n) is 3.83. The standard InChI is InChI=1S/C9H10FNO2.ClH/c10-7-3-1-6(2-4-7)8(5-11)9(12)13;/h1-4,8H,5,11H2,(H,12,13);1H. The Labute approximate surface area is 87.1 Å². The lowest BCUT2D eigenvalue weighted by Crippen LogP contribution is -2.20. The van der Waals surface area contributed by atoms with E-state index >= 15 is 0 Å². The third-order valence-electron chi connectivity index (χ3n) is 1.81. The fraction of sp³-hybridized carbons (Fsp3) is 0.222. The second kappa shape index (κ2) is 5.57. The van der Waals surface area contributed by atoms with Crippen molar-refractivity contribution in [2.75, 3.05) is 6.54 Å². The minimum atomic E-state index is -0.992. The third kappa shape index (κ3) is 2.97. The summed E-state index contributed by atoms with van der Waals surface area (Å²) in [6.07, 6.45) is 0. The summed E-state index contributed by atoms with van der Waals surface area (Å²) in [5.74, 6) is -2.13. The van der Waals surface area contributed by atoms with Gasteiger partial charge in [-0.3, -0.25) is 4.79 Å². The van der Waals surface area contributed by atoms with E-state index in [1.165, 1.54) is 24.3 Å². The molecule has 3 nitrogen and oxygen atoms in total. The molecular formula is C9H11ClFNO2. The lowest BCUT2D eigenvalue weighted by molar-refractivity contribution is -0.138. The molecule has 1 unspecified atom stereocenters. The zero-order valence-corrected chi connectivity index (χ0v) is 8.13. The van der Waals surface area contributed by atoms with E-state index in [4.69, 9.17) is 10.8 Å². The van der Waals surface area contributed by atoms with Crippen molar-refractivity contribution in [1.29, 1.82) is 0 Å². The van der Waals surface area contributed by atoms with Gasteiger partial charge >= 0.3 is 5.97 Å². The number of nitrogens with two attached hydrogens (primary N) is 1. The molecule has 1 rings (SSSR count). The number of halogens is 2. The summed E-state index contributed by atoms with van der Waals surface area (Å²) in [7, 11) is 0. The summed E-state index contributed by atoms with van der Waals surface area (Å²) in [6.45, 7) is 0.0148. The minimum absolute atomic E-state index is 0. The molecular weight excluding hydrogens is 209 g/mol. The van der Waals surface area contributed by atoms with Crippen molar-refractivity contribution in [2.24, 2.45) is 5.73 Å². The summed E-state index contributed by atoms with van der Waals surface area (Å²) in [4.78, 5) is 10.6. The lowest BCUT2D eigenvalue weighted by atomic mass is 10.00. The minimum Gasteiger partial charge on any atom is -0.481 e. The fourth-order valence-corrected chi connectivity index (χ4v) is 1.07. The van der Waals surface area contributed by atoms with Gasteiger partial charge in [-0.1, -0.05) is 12.1 Å². The van der Waals surface area contributed by atoms with E-state index in [1.807, 2.05) is 0 Å². The number of hydrogen-bond donors (Lipinski definition) is 2. The van der Waals surface area contributed by atoms with Crippen LogP contribution >= 0.6 is 12.4 Å². The first-order valence-corrected chi connectivity index (χ1v) is 3.83. The molecule has 0 fully saturated rings. The molecule has 0 aliphatic heterocycles. The Bertz CT molecular complexity index is 302. The summed E-state index contributed by atoms with van der Waals surface area (Å²) in [5.41, 5.74) is 5.79. The summed E-state index contributed by atoms with van der Waals surface area (Å²) < 4.78 is 12.5. The molecule has 0 saturated heterocycles. The molecule has 0 bridgehead atoms. The SMILES string of the molecule is Cl.NCC(C(=O)O)c1ccc(F)cc1. The summed E-state index contributed by atoms with van der Waals surface area (Å²) >= 11 is 0. The average Bonchev–Trinajstić information content (AvgIpc) is 2.09. The Morgan fingerprint density at radius 1 is 1.43 bits per heavy atom. The van der Waals surface area contributed by atoms with Gasteiger partial charge in [0.05, 0.1) is 5.92 Å². The van der Waals surface area contributed by atoms with Crippen LogP contribution in [0.3, 0.4) is 0 Å². The highest BCUT2D eigenvalue weighted by atomic mass is 35.5. The van der Waals surface area contributed by atoms with Gasteiger partial charge in [-0.2, -0.15) is 0 Å². The smallest absolute Gasteiger partial charge is 0.312 e. The first-order chi connectivity index (χ1) is 6.15. The van der Waals surface area contributed by atoms with Crippen molar-refractivity contribution in [3.05, 3.63) is 35.6 Å². The molecule has 5 heteroatoms. The Kier molecular flexibility index (Phi) is 5.12. The van der Waals surface area contributed by atoms with E-state index in [-0.39, 0.29) is 24.8 Å². The van der Waals surface area contributed by atoms with E-state index in [0.717, 1.165) is 0 Å². The van der Waals surface area contributed by atoms with Crippen LogP contribution in [0, 0.1) is 5.82 Å². The van der Waals surface area contributed by atoms with E-state index < -0.39 is 11.9 Å². The van der Waals surface area contributed by atoms with Crippen molar-refractivity contribution in [3.63, 3.8) is 0 Å². The van der Waals surface area contributed by atoms with Crippen LogP contribution < -0.4 is 5.73 Å². The quantitative estimate of drug-likeness (QED) is 0.807. The van der Waals surface area contributed by atoms with Gasteiger partial charge in [-0.05, 0) is 17.7 Å². The molecule has 0 aromatic heterocycles. The van der Waals surface area contributed by atoms with Crippen molar-refractivity contribution in [1.82, 2.24) is 0 Å². The van der Waals surface area contributed by atoms with Crippen LogP contribution in [-0.4, -0.2) is 17.6 Å². The fourth-order valence-electron chi connectivity index (χ4n) is 1.07. The second-order valence-electron chi connectivity index (χ2n) is 2.68. The van der Waals surface area contributed by atoms with Crippen molar-refractivity contribution >= 4 is 18.4 Å². The lowest BCUT2D eigenvalue weighted by Gasteiger charge is -2.08. The number of carboxylic acids is 1. The molecule has 0 aliphatic carbocycles. The van der Waals surface area contributed by atoms with Gasteiger partial charge in [0.1, 0.15) is 5.82 Å². The summed E-state index contributed by atoms with van der Waals surface area (Å²) in [5, 5.41) is 8.72. The van der Waals surface area contributed by atoms with Gasteiger partial charge in [-0.25, -0.2) is 4.39 Å². The van der Waals surface area contributed by atoms with Gasteiger partial charge in [0, 0.05) is 6.54 Å². The molecule has 0 aliphatic rings. The topological polar surface area (TPSA) is 63.3 Å². The van der Waals surface area contributed by atoms with Crippen LogP contribution in [0.15, 0.2) is 24.3 Å². The zero-order valence-electron chi connectivity index (χ0n) is 7.31. The monoisotopic (exact) mass is 219 g/mol. The van der Waals surface area contributed by atoms with Gasteiger partial charge in [0.25, 0.3) is 0 Å². The number of rotatable bonds is 3. The normalized spacial score (nSPS) is 11.6. The number of aliphatic carboxylic acids is 1. The van der Waals surface area contributed by atoms with Crippen LogP contribution in [0.5, 0.6) is 0 Å². The predicted molar refractivity (Wildman–Crippen MR) is 53.1 cm³/mol. The highest BCUT2D eigenvalue weighted by Crippen LogP contribution is 2.14. The van der Waals surface area contributed by atoms with Gasteiger partial charge in [-0.15, -0.1) is 12.4 Å². The van der Waals surface area contributed by atoms with E-state index in [1.54, 1.807) is 0 Å². The van der Waals surface area contributed by atoms with E-state index in [9.17, 15) is 9.18 Å². The Morgan fingerprint density at radius 2 is 1.93 bits per heavy atom. The van der Waals surface area contributed by atoms with Gasteiger partial charge in [0.2, 0.25) is 0 Å². The molecule has 1 aromatic carbocycles. The van der Waals surface area contributed by atoms with Crippen LogP contribution in [0.4, 0.5) is 4.39 Å². The van der Waals surface area contributed by atoms with Crippen molar-refractivity contribution in [2.45, 2.75) is 5.92 Å². The molecule has 0 spiro atoms. The number of hydrogen-bond acceptors (Lipinski definition) is 2. The number of carboxylic acid groups (broad SMARTS) is 1. The van der Waals surface area contributed by atoms with Gasteiger partial charge < -0.3 is 10.8 Å². The Hall–Kier alpha value is -1.13. The zero-order chi connectivity index (χ0) is 9.84. The van der Waals surface area contributed by atoms with Crippen LogP contribution in [0.1, 0.15) is 11.5 Å². The Balaban J connectivity index is 0.00000169. The molecule has 0 amide bonds. The van der Waals surface area contributed by atoms with Crippen LogP contribution in [-0.2, 0) is 4.79 Å². The molecule has 3 N–H and O–H groups in total. The molecule has 0 saturated carbocycles. The second-order valence-corrected chi connectivity index (χ2v) is 2.68. The highest BCUT2D eigenvalue weighted by molar-refractivity contribution is 5.85. The maximum Gasteiger partial charge on any atom is 0.312 e. The van der Waals surface area contributed by atoms with E-state index in [2.05, 4.69) is 0 Å². The van der Waals surface area contributed by atoms with Crippen LogP contribution in [0.25, 0.3) is 0 Å². The summed E-state index contributed by atoms with van der Waals surface area (Å²) in [6, 6.07) is 5.31. The third-order valence-corrected chi connectivity index (χ3v) is 1.81. The van der Waals surface area contributed by atoms with E-state index in [0.29, 0.717) is 5.56 Å². The molecule has 14 heavy (non-hydrogen) atoms. The number of carbonyl (C=O) groups is 1. The van der Waals surface area contributed by atoms with Crippen molar-refractivity contribution in [3.8, 4) is 0 Å². The largest absolute Gasteiger partial charge is 0.481 e. The van der Waals surface area contributed by atoms with Gasteiger partial charge in [0.15, 0.2) is 0 Å². The molecule has 1 aromatic rings. The van der Waals surface area contributed by atoms with Crippen molar-refractivity contribution < 1.29 is 14.3 Å². The Morgan fingerprint density at radius 3 is 2.29 bits per heavy atom. The molecule has 0 heterocycles.